The topological polar surface area (TPSA) is 87.6 Å². The molecule has 5 nitrogen and oxygen atoms in total. The van der Waals surface area contributed by atoms with E-state index >= 15 is 0 Å². The first-order valence-electron chi connectivity index (χ1n) is 4.88. The van der Waals surface area contributed by atoms with Crippen LogP contribution in [0.25, 0.3) is 0 Å². The number of Topliss-reactive ketones (excluding diaryl/α,β-unsaturated/α-hetero) is 1. The van der Waals surface area contributed by atoms with Gasteiger partial charge in [0.1, 0.15) is 0 Å². The quantitative estimate of drug-likeness (QED) is 0.571. The highest BCUT2D eigenvalue weighted by atomic mass is 16.5. The summed E-state index contributed by atoms with van der Waals surface area (Å²) < 4.78 is 10.2. The van der Waals surface area contributed by atoms with Crippen molar-refractivity contribution in [2.75, 3.05) is 26.5 Å². The lowest BCUT2D eigenvalue weighted by molar-refractivity contribution is 0.0986. The van der Waals surface area contributed by atoms with Gasteiger partial charge in [0.2, 0.25) is 0 Å². The molecule has 0 spiro atoms. The number of ether oxygens (including phenoxy) is 2. The lowest BCUT2D eigenvalue weighted by Crippen LogP contribution is -2.10. The van der Waals surface area contributed by atoms with Crippen LogP contribution >= 0.6 is 0 Å². The third kappa shape index (κ3) is 2.43. The molecule has 88 valence electrons. The van der Waals surface area contributed by atoms with E-state index in [2.05, 4.69) is 0 Å². The van der Waals surface area contributed by atoms with E-state index in [1.165, 1.54) is 14.2 Å². The molecule has 0 saturated heterocycles. The number of nitrogen functional groups attached to an aromatic ring is 1. The van der Waals surface area contributed by atoms with Gasteiger partial charge in [0, 0.05) is 23.7 Å². The van der Waals surface area contributed by atoms with Crippen molar-refractivity contribution in [2.45, 2.75) is 6.42 Å². The summed E-state index contributed by atoms with van der Waals surface area (Å²) in [5.74, 6) is 0.891. The molecule has 0 aliphatic carbocycles. The molecule has 0 saturated carbocycles. The van der Waals surface area contributed by atoms with Gasteiger partial charge in [-0.1, -0.05) is 0 Å². The van der Waals surface area contributed by atoms with E-state index in [0.29, 0.717) is 29.3 Å². The second-order valence-electron chi connectivity index (χ2n) is 3.26. The number of methoxy groups -OCH3 is 2. The molecular formula is C11H16N2O3. The van der Waals surface area contributed by atoms with E-state index in [1.54, 1.807) is 12.1 Å². The van der Waals surface area contributed by atoms with Crippen LogP contribution in [-0.4, -0.2) is 26.5 Å². The molecule has 0 radical (unpaired) electrons. The van der Waals surface area contributed by atoms with Crippen molar-refractivity contribution in [1.29, 1.82) is 0 Å². The maximum atomic E-state index is 11.7. The van der Waals surface area contributed by atoms with Gasteiger partial charge < -0.3 is 20.9 Å². The second kappa shape index (κ2) is 5.37. The molecule has 4 N–H and O–H groups in total. The highest BCUT2D eigenvalue weighted by Gasteiger charge is 2.14. The number of hydrogen-bond acceptors (Lipinski definition) is 5. The van der Waals surface area contributed by atoms with Crippen molar-refractivity contribution in [1.82, 2.24) is 0 Å². The zero-order valence-electron chi connectivity index (χ0n) is 9.45. The number of benzene rings is 1. The van der Waals surface area contributed by atoms with Gasteiger partial charge in [-0.2, -0.15) is 0 Å². The summed E-state index contributed by atoms with van der Waals surface area (Å²) in [6.45, 7) is 0.298. The molecular weight excluding hydrogens is 208 g/mol. The van der Waals surface area contributed by atoms with Gasteiger partial charge in [-0.15, -0.1) is 0 Å². The Kier molecular flexibility index (Phi) is 4.13. The lowest BCUT2D eigenvalue weighted by Gasteiger charge is -2.11. The van der Waals surface area contributed by atoms with Crippen molar-refractivity contribution in [3.63, 3.8) is 0 Å². The van der Waals surface area contributed by atoms with Crippen molar-refractivity contribution in [3.8, 4) is 11.5 Å². The summed E-state index contributed by atoms with van der Waals surface area (Å²) in [7, 11) is 3.02. The smallest absolute Gasteiger partial charge is 0.166 e. The van der Waals surface area contributed by atoms with Crippen LogP contribution in [0.5, 0.6) is 11.5 Å². The van der Waals surface area contributed by atoms with E-state index < -0.39 is 0 Å². The van der Waals surface area contributed by atoms with Crippen molar-refractivity contribution < 1.29 is 14.3 Å². The third-order valence-corrected chi connectivity index (χ3v) is 2.23. The third-order valence-electron chi connectivity index (χ3n) is 2.23. The fourth-order valence-electron chi connectivity index (χ4n) is 1.40. The van der Waals surface area contributed by atoms with E-state index in [-0.39, 0.29) is 12.2 Å². The Morgan fingerprint density at radius 3 is 2.31 bits per heavy atom. The Hall–Kier alpha value is -1.75. The minimum absolute atomic E-state index is 0.0963. The molecule has 0 atom stereocenters. The monoisotopic (exact) mass is 224 g/mol. The number of carbonyl (C=O) groups excluding carboxylic acids is 1. The molecule has 0 bridgehead atoms. The molecule has 1 aromatic carbocycles. The molecule has 0 aromatic heterocycles. The average molecular weight is 224 g/mol. The highest BCUT2D eigenvalue weighted by molar-refractivity contribution is 6.01. The number of rotatable bonds is 5. The molecule has 0 aliphatic heterocycles. The Morgan fingerprint density at radius 2 is 1.81 bits per heavy atom. The predicted octanol–water partition coefficient (Wildman–Crippen LogP) is 0.818. The normalized spacial score (nSPS) is 9.94. The molecule has 0 amide bonds. The number of hydrogen-bond donors (Lipinski definition) is 2. The van der Waals surface area contributed by atoms with E-state index in [1.807, 2.05) is 0 Å². The summed E-state index contributed by atoms with van der Waals surface area (Å²) in [6, 6.07) is 3.15. The molecule has 1 rings (SSSR count). The lowest BCUT2D eigenvalue weighted by atomic mass is 10.1. The highest BCUT2D eigenvalue weighted by Crippen LogP contribution is 2.32. The van der Waals surface area contributed by atoms with Gasteiger partial charge in [0.15, 0.2) is 17.3 Å². The van der Waals surface area contributed by atoms with Crippen LogP contribution in [0.1, 0.15) is 16.8 Å². The van der Waals surface area contributed by atoms with Crippen molar-refractivity contribution >= 4 is 11.5 Å². The van der Waals surface area contributed by atoms with Gasteiger partial charge in [0.05, 0.1) is 14.2 Å². The van der Waals surface area contributed by atoms with Crippen molar-refractivity contribution in [3.05, 3.63) is 17.7 Å². The maximum Gasteiger partial charge on any atom is 0.166 e. The van der Waals surface area contributed by atoms with Crippen LogP contribution in [0.3, 0.4) is 0 Å². The van der Waals surface area contributed by atoms with Gasteiger partial charge in [-0.25, -0.2) is 0 Å². The molecule has 0 unspecified atom stereocenters. The Labute approximate surface area is 94.3 Å². The van der Waals surface area contributed by atoms with Crippen LogP contribution in [0.15, 0.2) is 12.1 Å². The van der Waals surface area contributed by atoms with Crippen LogP contribution in [0.2, 0.25) is 0 Å². The fourth-order valence-corrected chi connectivity index (χ4v) is 1.40. The maximum absolute atomic E-state index is 11.7. The number of carbonyl (C=O) groups is 1. The number of ketones is 1. The van der Waals surface area contributed by atoms with Crippen LogP contribution in [0, 0.1) is 0 Å². The summed E-state index contributed by atoms with van der Waals surface area (Å²) >= 11 is 0. The van der Waals surface area contributed by atoms with E-state index in [0.717, 1.165) is 0 Å². The van der Waals surface area contributed by atoms with Crippen LogP contribution in [-0.2, 0) is 0 Å². The molecule has 1 aromatic rings. The van der Waals surface area contributed by atoms with Crippen LogP contribution in [0.4, 0.5) is 5.69 Å². The molecule has 0 aliphatic rings. The molecule has 0 fully saturated rings. The Morgan fingerprint density at radius 1 is 1.25 bits per heavy atom. The first kappa shape index (κ1) is 12.3. The van der Waals surface area contributed by atoms with Crippen LogP contribution < -0.4 is 20.9 Å². The Balaban J connectivity index is 3.15. The zero-order chi connectivity index (χ0) is 12.1. The zero-order valence-corrected chi connectivity index (χ0v) is 9.45. The average Bonchev–Trinajstić information content (AvgIpc) is 2.28. The first-order valence-corrected chi connectivity index (χ1v) is 4.88. The summed E-state index contributed by atoms with van der Waals surface area (Å²) in [5.41, 5.74) is 11.9. The molecule has 16 heavy (non-hydrogen) atoms. The summed E-state index contributed by atoms with van der Waals surface area (Å²) in [4.78, 5) is 11.7. The molecule has 0 heterocycles. The van der Waals surface area contributed by atoms with Gasteiger partial charge in [0.25, 0.3) is 0 Å². The minimum atomic E-state index is -0.0963. The summed E-state index contributed by atoms with van der Waals surface area (Å²) in [5, 5.41) is 0. The standard InChI is InChI=1S/C11H16N2O3/c1-15-10-5-7(9(14)3-4-12)8(13)6-11(10)16-2/h5-6H,3-4,12-13H2,1-2H3. The number of nitrogens with two attached hydrogens (primary N) is 2. The molecule has 5 heteroatoms. The predicted molar refractivity (Wildman–Crippen MR) is 62.0 cm³/mol. The Bertz CT molecular complexity index is 391. The van der Waals surface area contributed by atoms with Gasteiger partial charge in [-0.3, -0.25) is 4.79 Å². The first-order chi connectivity index (χ1) is 7.63. The second-order valence-corrected chi connectivity index (χ2v) is 3.26. The van der Waals surface area contributed by atoms with E-state index in [9.17, 15) is 4.79 Å². The summed E-state index contributed by atoms with van der Waals surface area (Å²) in [6.07, 6.45) is 0.264. The number of anilines is 1. The van der Waals surface area contributed by atoms with E-state index in [4.69, 9.17) is 20.9 Å². The van der Waals surface area contributed by atoms with Gasteiger partial charge in [-0.05, 0) is 12.6 Å². The largest absolute Gasteiger partial charge is 0.493 e. The van der Waals surface area contributed by atoms with Gasteiger partial charge >= 0.3 is 0 Å². The fraction of sp³-hybridized carbons (Fsp3) is 0.364. The SMILES string of the molecule is COc1cc(N)c(C(=O)CCN)cc1OC. The minimum Gasteiger partial charge on any atom is -0.493 e. The van der Waals surface area contributed by atoms with Crippen molar-refractivity contribution in [2.24, 2.45) is 5.73 Å².